The molecule has 0 radical (unpaired) electrons. The summed E-state index contributed by atoms with van der Waals surface area (Å²) in [6, 6.07) is 7.47. The van der Waals surface area contributed by atoms with Gasteiger partial charge in [-0.2, -0.15) is 0 Å². The van der Waals surface area contributed by atoms with E-state index in [9.17, 15) is 4.79 Å². The van der Waals surface area contributed by atoms with E-state index in [0.717, 1.165) is 37.3 Å². The van der Waals surface area contributed by atoms with E-state index < -0.39 is 0 Å². The molecular formula is C14H18N6O. The molecule has 0 aliphatic carbocycles. The highest BCUT2D eigenvalue weighted by Crippen LogP contribution is 2.31. The first-order valence-electron chi connectivity index (χ1n) is 7.09. The topological polar surface area (TPSA) is 84.7 Å². The molecule has 1 aromatic heterocycles. The molecule has 1 aromatic carbocycles. The van der Waals surface area contributed by atoms with Crippen LogP contribution in [0.2, 0.25) is 0 Å². The van der Waals surface area contributed by atoms with Crippen LogP contribution in [0.4, 0.5) is 5.69 Å². The van der Waals surface area contributed by atoms with Crippen molar-refractivity contribution < 1.29 is 4.79 Å². The van der Waals surface area contributed by atoms with Crippen LogP contribution >= 0.6 is 0 Å². The fourth-order valence-electron chi connectivity index (χ4n) is 2.64. The fourth-order valence-corrected chi connectivity index (χ4v) is 2.64. The molecule has 110 valence electrons. The van der Waals surface area contributed by atoms with Crippen molar-refractivity contribution in [2.75, 3.05) is 18.4 Å². The Kier molecular flexibility index (Phi) is 3.66. The Labute approximate surface area is 122 Å². The van der Waals surface area contributed by atoms with Crippen LogP contribution in [-0.2, 0) is 4.79 Å². The van der Waals surface area contributed by atoms with Gasteiger partial charge in [0, 0.05) is 12.2 Å². The number of hydrogen-bond acceptors (Lipinski definition) is 5. The number of tetrazole rings is 1. The van der Waals surface area contributed by atoms with Gasteiger partial charge in [-0.25, -0.2) is 4.68 Å². The van der Waals surface area contributed by atoms with Crippen LogP contribution in [0, 0.1) is 5.41 Å². The number of hydrogen-bond donors (Lipinski definition) is 2. The number of nitrogens with one attached hydrogen (secondary N) is 2. The Morgan fingerprint density at radius 2 is 2.24 bits per heavy atom. The summed E-state index contributed by atoms with van der Waals surface area (Å²) in [4.78, 5) is 12.5. The maximum Gasteiger partial charge on any atom is 0.231 e. The van der Waals surface area contributed by atoms with E-state index in [1.807, 2.05) is 24.3 Å². The first kappa shape index (κ1) is 13.7. The van der Waals surface area contributed by atoms with Gasteiger partial charge in [0.1, 0.15) is 6.33 Å². The lowest BCUT2D eigenvalue weighted by Gasteiger charge is -2.25. The van der Waals surface area contributed by atoms with E-state index in [-0.39, 0.29) is 11.3 Å². The third kappa shape index (κ3) is 2.64. The lowest BCUT2D eigenvalue weighted by molar-refractivity contribution is -0.124. The molecular weight excluding hydrogens is 268 g/mol. The molecule has 3 rings (SSSR count). The van der Waals surface area contributed by atoms with E-state index in [1.165, 1.54) is 6.33 Å². The van der Waals surface area contributed by atoms with Gasteiger partial charge in [0.15, 0.2) is 0 Å². The molecule has 2 aromatic rings. The molecule has 0 bridgehead atoms. The van der Waals surface area contributed by atoms with Crippen LogP contribution in [0.15, 0.2) is 30.6 Å². The Morgan fingerprint density at radius 1 is 1.43 bits per heavy atom. The summed E-state index contributed by atoms with van der Waals surface area (Å²) in [5.41, 5.74) is 1.36. The van der Waals surface area contributed by atoms with Crippen molar-refractivity contribution >= 4 is 11.6 Å². The predicted molar refractivity (Wildman–Crippen MR) is 78.0 cm³/mol. The molecule has 7 nitrogen and oxygen atoms in total. The molecule has 7 heteroatoms. The van der Waals surface area contributed by atoms with Crippen LogP contribution in [0.1, 0.15) is 19.8 Å². The highest BCUT2D eigenvalue weighted by atomic mass is 16.2. The molecule has 1 aliphatic heterocycles. The number of rotatable bonds is 4. The van der Waals surface area contributed by atoms with Crippen LogP contribution in [0.3, 0.4) is 0 Å². The SMILES string of the molecule is CCC1(C(=O)Nc2ccc(-n3cnnn3)cc2)CCNC1. The minimum absolute atomic E-state index is 0.0881. The highest BCUT2D eigenvalue weighted by Gasteiger charge is 2.39. The Balaban J connectivity index is 1.72. The Bertz CT molecular complexity index is 601. The number of nitrogens with zero attached hydrogens (tertiary/aromatic N) is 4. The first-order chi connectivity index (χ1) is 10.2. The van der Waals surface area contributed by atoms with Gasteiger partial charge >= 0.3 is 0 Å². The number of carbonyl (C=O) groups is 1. The second-order valence-corrected chi connectivity index (χ2v) is 5.32. The second kappa shape index (κ2) is 5.61. The summed E-state index contributed by atoms with van der Waals surface area (Å²) in [5.74, 6) is 0.0881. The monoisotopic (exact) mass is 286 g/mol. The summed E-state index contributed by atoms with van der Waals surface area (Å²) in [6.45, 7) is 3.71. The molecule has 2 N–H and O–H groups in total. The van der Waals surface area contributed by atoms with Crippen molar-refractivity contribution in [1.29, 1.82) is 0 Å². The molecule has 1 fully saturated rings. The van der Waals surface area contributed by atoms with Crippen molar-refractivity contribution in [3.05, 3.63) is 30.6 Å². The Morgan fingerprint density at radius 3 is 2.81 bits per heavy atom. The molecule has 1 unspecified atom stereocenters. The van der Waals surface area contributed by atoms with E-state index in [0.29, 0.717) is 0 Å². The van der Waals surface area contributed by atoms with E-state index in [4.69, 9.17) is 0 Å². The number of amides is 1. The van der Waals surface area contributed by atoms with Gasteiger partial charge in [-0.15, -0.1) is 5.10 Å². The molecule has 0 saturated carbocycles. The first-order valence-corrected chi connectivity index (χ1v) is 7.09. The molecule has 1 amide bonds. The average molecular weight is 286 g/mol. The van der Waals surface area contributed by atoms with Gasteiger partial charge in [0.25, 0.3) is 0 Å². The van der Waals surface area contributed by atoms with Crippen molar-refractivity contribution in [3.8, 4) is 5.69 Å². The zero-order valence-electron chi connectivity index (χ0n) is 11.9. The average Bonchev–Trinajstić information content (AvgIpc) is 3.20. The quantitative estimate of drug-likeness (QED) is 0.875. The summed E-state index contributed by atoms with van der Waals surface area (Å²) >= 11 is 0. The van der Waals surface area contributed by atoms with Crippen molar-refractivity contribution in [3.63, 3.8) is 0 Å². The van der Waals surface area contributed by atoms with Gasteiger partial charge in [0.2, 0.25) is 5.91 Å². The number of benzene rings is 1. The third-order valence-electron chi connectivity index (χ3n) is 4.14. The zero-order chi connectivity index (χ0) is 14.7. The third-order valence-corrected chi connectivity index (χ3v) is 4.14. The molecule has 1 aliphatic rings. The van der Waals surface area contributed by atoms with E-state index in [2.05, 4.69) is 33.1 Å². The smallest absolute Gasteiger partial charge is 0.231 e. The second-order valence-electron chi connectivity index (χ2n) is 5.32. The van der Waals surface area contributed by atoms with Gasteiger partial charge in [-0.3, -0.25) is 4.79 Å². The van der Waals surface area contributed by atoms with E-state index in [1.54, 1.807) is 4.68 Å². The summed E-state index contributed by atoms with van der Waals surface area (Å²) in [7, 11) is 0. The summed E-state index contributed by atoms with van der Waals surface area (Å²) < 4.78 is 1.57. The van der Waals surface area contributed by atoms with Crippen LogP contribution in [-0.4, -0.2) is 39.2 Å². The largest absolute Gasteiger partial charge is 0.326 e. The minimum Gasteiger partial charge on any atom is -0.326 e. The van der Waals surface area contributed by atoms with Gasteiger partial charge in [-0.1, -0.05) is 6.92 Å². The van der Waals surface area contributed by atoms with Crippen molar-refractivity contribution in [1.82, 2.24) is 25.5 Å². The van der Waals surface area contributed by atoms with E-state index >= 15 is 0 Å². The van der Waals surface area contributed by atoms with Crippen LogP contribution in [0.25, 0.3) is 5.69 Å². The normalized spacial score (nSPS) is 21.4. The molecule has 2 heterocycles. The van der Waals surface area contributed by atoms with Crippen molar-refractivity contribution in [2.24, 2.45) is 5.41 Å². The van der Waals surface area contributed by atoms with Gasteiger partial charge in [0.05, 0.1) is 11.1 Å². The standard InChI is InChI=1S/C14H18N6O/c1-2-14(7-8-15-9-14)13(21)17-11-3-5-12(6-4-11)20-10-16-18-19-20/h3-6,10,15H,2,7-9H2,1H3,(H,17,21). The molecule has 0 spiro atoms. The lowest BCUT2D eigenvalue weighted by Crippen LogP contribution is -2.37. The van der Waals surface area contributed by atoms with Gasteiger partial charge < -0.3 is 10.6 Å². The van der Waals surface area contributed by atoms with Crippen molar-refractivity contribution in [2.45, 2.75) is 19.8 Å². The lowest BCUT2D eigenvalue weighted by atomic mass is 9.83. The maximum absolute atomic E-state index is 12.5. The number of anilines is 1. The predicted octanol–water partition coefficient (Wildman–Crippen LogP) is 0.990. The fraction of sp³-hybridized carbons (Fsp3) is 0.429. The van der Waals surface area contributed by atoms with Gasteiger partial charge in [-0.05, 0) is 54.1 Å². The minimum atomic E-state index is -0.283. The number of carbonyl (C=O) groups excluding carboxylic acids is 1. The molecule has 21 heavy (non-hydrogen) atoms. The van der Waals surface area contributed by atoms with Crippen LogP contribution < -0.4 is 10.6 Å². The number of aromatic nitrogens is 4. The Hall–Kier alpha value is -2.28. The maximum atomic E-state index is 12.5. The summed E-state index contributed by atoms with van der Waals surface area (Å²) in [5, 5.41) is 17.3. The summed E-state index contributed by atoms with van der Waals surface area (Å²) in [6.07, 6.45) is 3.26. The zero-order valence-corrected chi connectivity index (χ0v) is 11.9. The highest BCUT2D eigenvalue weighted by molar-refractivity contribution is 5.95. The van der Waals surface area contributed by atoms with Crippen LogP contribution in [0.5, 0.6) is 0 Å². The molecule has 1 atom stereocenters. The molecule has 1 saturated heterocycles.